The Morgan fingerprint density at radius 2 is 2.06 bits per heavy atom. The van der Waals surface area contributed by atoms with Gasteiger partial charge < -0.3 is 10.6 Å². The molecule has 1 aliphatic rings. The fraction of sp³-hybridized carbons (Fsp3) is 0.533. The number of rotatable bonds is 4. The Bertz CT molecular complexity index is 452. The highest BCUT2D eigenvalue weighted by Crippen LogP contribution is 2.34. The highest BCUT2D eigenvalue weighted by Gasteiger charge is 2.34. The summed E-state index contributed by atoms with van der Waals surface area (Å²) in [6.07, 6.45) is 2.40. The predicted molar refractivity (Wildman–Crippen MR) is 73.6 cm³/mol. The summed E-state index contributed by atoms with van der Waals surface area (Å²) in [4.78, 5) is 14.2. The molecule has 1 fully saturated rings. The van der Waals surface area contributed by atoms with Crippen LogP contribution in [0.4, 0.5) is 0 Å². The Morgan fingerprint density at radius 3 is 2.56 bits per heavy atom. The van der Waals surface area contributed by atoms with Gasteiger partial charge in [-0.1, -0.05) is 6.07 Å². The van der Waals surface area contributed by atoms with Crippen LogP contribution < -0.4 is 5.73 Å². The summed E-state index contributed by atoms with van der Waals surface area (Å²) in [5.74, 6) is 0.691. The first-order valence-electron chi connectivity index (χ1n) is 6.59. The van der Waals surface area contributed by atoms with Crippen LogP contribution in [0.1, 0.15) is 34.3 Å². The molecule has 0 aliphatic heterocycles. The molecule has 1 aromatic carbocycles. The number of benzene rings is 1. The van der Waals surface area contributed by atoms with E-state index >= 15 is 0 Å². The Labute approximate surface area is 109 Å². The molecule has 1 amide bonds. The van der Waals surface area contributed by atoms with Crippen molar-refractivity contribution in [2.24, 2.45) is 11.7 Å². The second-order valence-corrected chi connectivity index (χ2v) is 5.36. The summed E-state index contributed by atoms with van der Waals surface area (Å²) in [6, 6.07) is 6.07. The molecule has 98 valence electrons. The fourth-order valence-corrected chi connectivity index (χ4v) is 2.38. The lowest BCUT2D eigenvalue weighted by molar-refractivity contribution is 0.0718. The van der Waals surface area contributed by atoms with Crippen molar-refractivity contribution in [3.63, 3.8) is 0 Å². The second-order valence-electron chi connectivity index (χ2n) is 5.36. The van der Waals surface area contributed by atoms with Crippen LogP contribution in [0.5, 0.6) is 0 Å². The van der Waals surface area contributed by atoms with Gasteiger partial charge in [-0.2, -0.15) is 0 Å². The third-order valence-electron chi connectivity index (χ3n) is 3.98. The lowest BCUT2D eigenvalue weighted by atomic mass is 10.0. The summed E-state index contributed by atoms with van der Waals surface area (Å²) in [5.41, 5.74) is 8.93. The number of likely N-dealkylation sites (N-methyl/N-ethyl adjacent to an activating group) is 1. The molecular weight excluding hydrogens is 224 g/mol. The van der Waals surface area contributed by atoms with E-state index in [1.54, 1.807) is 0 Å². The third-order valence-corrected chi connectivity index (χ3v) is 3.98. The Balaban J connectivity index is 2.16. The van der Waals surface area contributed by atoms with Gasteiger partial charge in [0.25, 0.3) is 5.91 Å². The average molecular weight is 246 g/mol. The molecule has 1 aliphatic carbocycles. The van der Waals surface area contributed by atoms with E-state index in [9.17, 15) is 4.79 Å². The van der Waals surface area contributed by atoms with Crippen LogP contribution in [0.2, 0.25) is 0 Å². The van der Waals surface area contributed by atoms with Crippen molar-refractivity contribution >= 4 is 5.91 Å². The van der Waals surface area contributed by atoms with Gasteiger partial charge in [-0.15, -0.1) is 0 Å². The quantitative estimate of drug-likeness (QED) is 0.884. The zero-order valence-electron chi connectivity index (χ0n) is 11.4. The lowest BCUT2D eigenvalue weighted by Gasteiger charge is -2.27. The van der Waals surface area contributed by atoms with Crippen molar-refractivity contribution in [3.05, 3.63) is 34.9 Å². The molecule has 0 spiro atoms. The second kappa shape index (κ2) is 5.11. The van der Waals surface area contributed by atoms with Crippen LogP contribution >= 0.6 is 0 Å². The number of hydrogen-bond acceptors (Lipinski definition) is 2. The van der Waals surface area contributed by atoms with E-state index in [1.165, 1.54) is 18.4 Å². The van der Waals surface area contributed by atoms with Crippen molar-refractivity contribution in [1.29, 1.82) is 0 Å². The molecule has 0 heterocycles. The molecule has 0 saturated heterocycles. The molecule has 1 saturated carbocycles. The van der Waals surface area contributed by atoms with Crippen molar-refractivity contribution < 1.29 is 4.79 Å². The molecule has 0 bridgehead atoms. The summed E-state index contributed by atoms with van der Waals surface area (Å²) < 4.78 is 0. The molecule has 2 N–H and O–H groups in total. The molecule has 3 heteroatoms. The van der Waals surface area contributed by atoms with Crippen LogP contribution in [-0.2, 0) is 0 Å². The maximum Gasteiger partial charge on any atom is 0.253 e. The third kappa shape index (κ3) is 2.56. The molecule has 1 unspecified atom stereocenters. The van der Waals surface area contributed by atoms with Gasteiger partial charge in [0.1, 0.15) is 0 Å². The van der Waals surface area contributed by atoms with Gasteiger partial charge in [0, 0.05) is 25.2 Å². The Morgan fingerprint density at radius 1 is 1.39 bits per heavy atom. The van der Waals surface area contributed by atoms with E-state index in [4.69, 9.17) is 5.73 Å². The number of carbonyl (C=O) groups is 1. The van der Waals surface area contributed by atoms with Gasteiger partial charge in [0.2, 0.25) is 0 Å². The van der Waals surface area contributed by atoms with Gasteiger partial charge in [0.15, 0.2) is 0 Å². The van der Waals surface area contributed by atoms with Crippen molar-refractivity contribution in [2.75, 3.05) is 13.6 Å². The fourth-order valence-electron chi connectivity index (χ4n) is 2.38. The zero-order valence-corrected chi connectivity index (χ0v) is 11.4. The summed E-state index contributed by atoms with van der Waals surface area (Å²) >= 11 is 0. The molecule has 1 aromatic rings. The first kappa shape index (κ1) is 13.1. The highest BCUT2D eigenvalue weighted by molar-refractivity contribution is 5.94. The molecule has 0 radical (unpaired) electrons. The van der Waals surface area contributed by atoms with E-state index < -0.39 is 0 Å². The van der Waals surface area contributed by atoms with Gasteiger partial charge in [0.05, 0.1) is 0 Å². The van der Waals surface area contributed by atoms with Crippen molar-refractivity contribution in [3.8, 4) is 0 Å². The molecular formula is C15H22N2O. The van der Waals surface area contributed by atoms with Gasteiger partial charge in [-0.05, 0) is 55.9 Å². The van der Waals surface area contributed by atoms with Crippen LogP contribution in [-0.4, -0.2) is 30.4 Å². The van der Waals surface area contributed by atoms with E-state index in [-0.39, 0.29) is 11.9 Å². The van der Waals surface area contributed by atoms with Gasteiger partial charge in [-0.3, -0.25) is 4.79 Å². The topological polar surface area (TPSA) is 46.3 Å². The monoisotopic (exact) mass is 246 g/mol. The molecule has 3 nitrogen and oxygen atoms in total. The number of hydrogen-bond donors (Lipinski definition) is 1. The Kier molecular flexibility index (Phi) is 3.71. The first-order valence-corrected chi connectivity index (χ1v) is 6.59. The normalized spacial score (nSPS) is 16.4. The van der Waals surface area contributed by atoms with E-state index in [2.05, 4.69) is 6.92 Å². The summed E-state index contributed by atoms with van der Waals surface area (Å²) in [6.45, 7) is 4.64. The summed E-state index contributed by atoms with van der Waals surface area (Å²) in [7, 11) is 1.87. The number of aryl methyl sites for hydroxylation is 2. The largest absolute Gasteiger partial charge is 0.337 e. The SMILES string of the molecule is Cc1ccc(C(=O)N(C)C(CN)C2CC2)cc1C. The van der Waals surface area contributed by atoms with E-state index in [0.29, 0.717) is 12.5 Å². The predicted octanol–water partition coefficient (Wildman–Crippen LogP) is 2.11. The molecule has 0 aromatic heterocycles. The van der Waals surface area contributed by atoms with Crippen LogP contribution in [0.15, 0.2) is 18.2 Å². The van der Waals surface area contributed by atoms with E-state index in [0.717, 1.165) is 11.1 Å². The van der Waals surface area contributed by atoms with Crippen LogP contribution in [0.25, 0.3) is 0 Å². The average Bonchev–Trinajstić information content (AvgIpc) is 3.17. The number of amides is 1. The minimum Gasteiger partial charge on any atom is -0.337 e. The number of nitrogens with zero attached hydrogens (tertiary/aromatic N) is 1. The highest BCUT2D eigenvalue weighted by atomic mass is 16.2. The van der Waals surface area contributed by atoms with Crippen LogP contribution in [0, 0.1) is 19.8 Å². The first-order chi connectivity index (χ1) is 8.54. The zero-order chi connectivity index (χ0) is 13.3. The van der Waals surface area contributed by atoms with Gasteiger partial charge in [-0.25, -0.2) is 0 Å². The Hall–Kier alpha value is -1.35. The standard InChI is InChI=1S/C15H22N2O/c1-10-4-5-13(8-11(10)2)15(18)17(3)14(9-16)12-6-7-12/h4-5,8,12,14H,6-7,9,16H2,1-3H3. The number of nitrogens with two attached hydrogens (primary N) is 1. The van der Waals surface area contributed by atoms with Crippen LogP contribution in [0.3, 0.4) is 0 Å². The smallest absolute Gasteiger partial charge is 0.253 e. The van der Waals surface area contributed by atoms with E-state index in [1.807, 2.05) is 37.1 Å². The number of carbonyl (C=O) groups excluding carboxylic acids is 1. The molecule has 18 heavy (non-hydrogen) atoms. The maximum absolute atomic E-state index is 12.4. The minimum absolute atomic E-state index is 0.0838. The van der Waals surface area contributed by atoms with Crippen molar-refractivity contribution in [2.45, 2.75) is 32.7 Å². The maximum atomic E-state index is 12.4. The summed E-state index contributed by atoms with van der Waals surface area (Å²) in [5, 5.41) is 0. The molecule has 1 atom stereocenters. The minimum atomic E-state index is 0.0838. The van der Waals surface area contributed by atoms with Gasteiger partial charge >= 0.3 is 0 Å². The molecule has 2 rings (SSSR count). The lowest BCUT2D eigenvalue weighted by Crippen LogP contribution is -2.43. The van der Waals surface area contributed by atoms with Crippen molar-refractivity contribution in [1.82, 2.24) is 4.90 Å².